The fraction of sp³-hybridized carbons (Fsp3) is 0.304. The number of pyridine rings is 1. The summed E-state index contributed by atoms with van der Waals surface area (Å²) in [7, 11) is 0. The van der Waals surface area contributed by atoms with Gasteiger partial charge in [0.2, 0.25) is 5.91 Å². The number of para-hydroxylation sites is 1. The summed E-state index contributed by atoms with van der Waals surface area (Å²) < 4.78 is 13.7. The van der Waals surface area contributed by atoms with Gasteiger partial charge in [0, 0.05) is 44.1 Å². The molecule has 8 heteroatoms. The van der Waals surface area contributed by atoms with Gasteiger partial charge in [-0.25, -0.2) is 14.4 Å². The summed E-state index contributed by atoms with van der Waals surface area (Å²) in [6, 6.07) is 13.9. The highest BCUT2D eigenvalue weighted by atomic mass is 19.1. The molecule has 1 N–H and O–H groups in total. The molecule has 3 aromatic rings. The number of carbonyl (C=O) groups is 1. The van der Waals surface area contributed by atoms with Gasteiger partial charge in [-0.05, 0) is 30.7 Å². The second kappa shape index (κ2) is 9.61. The molecule has 1 saturated heterocycles. The minimum Gasteiger partial charge on any atom is -0.354 e. The van der Waals surface area contributed by atoms with Gasteiger partial charge in [-0.15, -0.1) is 0 Å². The molecule has 7 nitrogen and oxygen atoms in total. The Morgan fingerprint density at radius 2 is 1.84 bits per heavy atom. The van der Waals surface area contributed by atoms with Gasteiger partial charge in [-0.2, -0.15) is 0 Å². The van der Waals surface area contributed by atoms with Crippen LogP contribution in [0, 0.1) is 5.82 Å². The van der Waals surface area contributed by atoms with Crippen molar-refractivity contribution >= 4 is 17.4 Å². The number of hydrogen-bond donors (Lipinski definition) is 1. The van der Waals surface area contributed by atoms with Crippen molar-refractivity contribution in [2.75, 3.05) is 42.9 Å². The van der Waals surface area contributed by atoms with Crippen LogP contribution in [0.4, 0.5) is 15.9 Å². The molecule has 4 rings (SSSR count). The molecule has 0 atom stereocenters. The minimum absolute atomic E-state index is 0.210. The van der Waals surface area contributed by atoms with Crippen molar-refractivity contribution in [2.24, 2.45) is 0 Å². The normalized spacial score (nSPS) is 14.5. The highest BCUT2D eigenvalue weighted by Gasteiger charge is 2.21. The lowest BCUT2D eigenvalue weighted by Crippen LogP contribution is -2.49. The maximum Gasteiger partial charge on any atom is 0.238 e. The van der Waals surface area contributed by atoms with Crippen LogP contribution in [0.3, 0.4) is 0 Å². The smallest absolute Gasteiger partial charge is 0.238 e. The first kappa shape index (κ1) is 20.9. The van der Waals surface area contributed by atoms with E-state index in [9.17, 15) is 9.18 Å². The van der Waals surface area contributed by atoms with E-state index in [0.29, 0.717) is 5.82 Å². The Bertz CT molecular complexity index is 1040. The molecule has 0 unspecified atom stereocenters. The molecule has 0 radical (unpaired) electrons. The van der Waals surface area contributed by atoms with E-state index < -0.39 is 5.82 Å². The van der Waals surface area contributed by atoms with Crippen LogP contribution in [-0.2, 0) is 11.2 Å². The van der Waals surface area contributed by atoms with Crippen molar-refractivity contribution < 1.29 is 9.18 Å². The van der Waals surface area contributed by atoms with Crippen LogP contribution in [0.15, 0.2) is 54.7 Å². The quantitative estimate of drug-likeness (QED) is 0.661. The third-order valence-corrected chi connectivity index (χ3v) is 5.23. The number of rotatable bonds is 6. The summed E-state index contributed by atoms with van der Waals surface area (Å²) >= 11 is 0. The number of carbonyl (C=O) groups excluding carboxylic acids is 1. The Labute approximate surface area is 181 Å². The van der Waals surface area contributed by atoms with Gasteiger partial charge in [0.05, 0.1) is 12.2 Å². The molecule has 31 heavy (non-hydrogen) atoms. The van der Waals surface area contributed by atoms with E-state index in [0.717, 1.165) is 49.8 Å². The van der Waals surface area contributed by atoms with Crippen LogP contribution >= 0.6 is 0 Å². The molecule has 0 bridgehead atoms. The average Bonchev–Trinajstić information content (AvgIpc) is 2.81. The van der Waals surface area contributed by atoms with Gasteiger partial charge in [-0.3, -0.25) is 14.7 Å². The molecule has 0 spiro atoms. The maximum atomic E-state index is 13.7. The molecule has 1 aliphatic rings. The largest absolute Gasteiger partial charge is 0.354 e. The number of benzene rings is 1. The first-order chi connectivity index (χ1) is 15.1. The lowest BCUT2D eigenvalue weighted by molar-refractivity contribution is -0.117. The number of aryl methyl sites for hydroxylation is 1. The molecular weight excluding hydrogens is 395 g/mol. The fourth-order valence-corrected chi connectivity index (χ4v) is 3.53. The second-order valence-corrected chi connectivity index (χ2v) is 7.40. The standard InChI is InChI=1S/C23H25FN6O/c1-2-17-15-21(28-23(26-17)20-9-5-6-10-25-20)30-13-11-29(12-14-30)16-22(31)27-19-8-4-3-7-18(19)24/h3-10,15H,2,11-14,16H2,1H3,(H,27,31). The first-order valence-corrected chi connectivity index (χ1v) is 10.4. The highest BCUT2D eigenvalue weighted by molar-refractivity contribution is 5.92. The van der Waals surface area contributed by atoms with E-state index in [2.05, 4.69) is 32.0 Å². The van der Waals surface area contributed by atoms with E-state index in [1.165, 1.54) is 6.07 Å². The van der Waals surface area contributed by atoms with Gasteiger partial charge >= 0.3 is 0 Å². The van der Waals surface area contributed by atoms with Crippen molar-refractivity contribution in [2.45, 2.75) is 13.3 Å². The summed E-state index contributed by atoms with van der Waals surface area (Å²) in [5.41, 5.74) is 1.93. The third kappa shape index (κ3) is 5.21. The molecule has 1 amide bonds. The van der Waals surface area contributed by atoms with Gasteiger partial charge < -0.3 is 10.2 Å². The van der Waals surface area contributed by atoms with Crippen molar-refractivity contribution in [1.29, 1.82) is 0 Å². The van der Waals surface area contributed by atoms with Crippen LogP contribution < -0.4 is 10.2 Å². The fourth-order valence-electron chi connectivity index (χ4n) is 3.53. The number of amides is 1. The van der Waals surface area contributed by atoms with Crippen LogP contribution in [0.5, 0.6) is 0 Å². The topological polar surface area (TPSA) is 74.2 Å². The number of piperazine rings is 1. The summed E-state index contributed by atoms with van der Waals surface area (Å²) in [4.78, 5) is 30.3. The summed E-state index contributed by atoms with van der Waals surface area (Å²) in [6.07, 6.45) is 2.55. The second-order valence-electron chi connectivity index (χ2n) is 7.40. The summed E-state index contributed by atoms with van der Waals surface area (Å²) in [5.74, 6) is 0.857. The zero-order valence-corrected chi connectivity index (χ0v) is 17.5. The number of nitrogens with one attached hydrogen (secondary N) is 1. The van der Waals surface area contributed by atoms with E-state index >= 15 is 0 Å². The monoisotopic (exact) mass is 420 g/mol. The number of nitrogens with zero attached hydrogens (tertiary/aromatic N) is 5. The minimum atomic E-state index is -0.431. The Morgan fingerprint density at radius 1 is 1.06 bits per heavy atom. The number of hydrogen-bond acceptors (Lipinski definition) is 6. The average molecular weight is 420 g/mol. The van der Waals surface area contributed by atoms with Gasteiger partial charge in [-0.1, -0.05) is 25.1 Å². The van der Waals surface area contributed by atoms with E-state index in [-0.39, 0.29) is 18.1 Å². The van der Waals surface area contributed by atoms with Gasteiger partial charge in [0.1, 0.15) is 17.3 Å². The molecule has 1 aliphatic heterocycles. The molecular formula is C23H25FN6O. The Morgan fingerprint density at radius 3 is 2.55 bits per heavy atom. The Balaban J connectivity index is 1.38. The van der Waals surface area contributed by atoms with Crippen molar-refractivity contribution in [3.05, 3.63) is 66.2 Å². The van der Waals surface area contributed by atoms with Crippen LogP contribution in [0.2, 0.25) is 0 Å². The summed E-state index contributed by atoms with van der Waals surface area (Å²) in [6.45, 7) is 5.22. The summed E-state index contributed by atoms with van der Waals surface area (Å²) in [5, 5.41) is 2.64. The zero-order chi connectivity index (χ0) is 21.6. The lowest BCUT2D eigenvalue weighted by Gasteiger charge is -2.35. The molecule has 1 aromatic carbocycles. The van der Waals surface area contributed by atoms with E-state index in [1.807, 2.05) is 24.3 Å². The van der Waals surface area contributed by atoms with Crippen LogP contribution in [0.25, 0.3) is 11.5 Å². The molecule has 0 aliphatic carbocycles. The van der Waals surface area contributed by atoms with E-state index in [1.54, 1.807) is 24.4 Å². The third-order valence-electron chi connectivity index (χ3n) is 5.23. The van der Waals surface area contributed by atoms with Crippen LogP contribution in [0.1, 0.15) is 12.6 Å². The number of anilines is 2. The first-order valence-electron chi connectivity index (χ1n) is 10.4. The van der Waals surface area contributed by atoms with Crippen molar-refractivity contribution in [3.63, 3.8) is 0 Å². The lowest BCUT2D eigenvalue weighted by atomic mass is 10.2. The predicted molar refractivity (Wildman–Crippen MR) is 118 cm³/mol. The Kier molecular flexibility index (Phi) is 6.47. The highest BCUT2D eigenvalue weighted by Crippen LogP contribution is 2.20. The van der Waals surface area contributed by atoms with E-state index in [4.69, 9.17) is 4.98 Å². The maximum absolute atomic E-state index is 13.7. The Hall–Kier alpha value is -3.39. The van der Waals surface area contributed by atoms with Crippen LogP contribution in [-0.4, -0.2) is 58.5 Å². The number of halogens is 1. The molecule has 160 valence electrons. The number of aromatic nitrogens is 3. The molecule has 1 fully saturated rings. The molecule has 2 aromatic heterocycles. The SMILES string of the molecule is CCc1cc(N2CCN(CC(=O)Nc3ccccc3F)CC2)nc(-c2ccccn2)n1. The molecule has 3 heterocycles. The van der Waals surface area contributed by atoms with Crippen molar-refractivity contribution in [3.8, 4) is 11.5 Å². The van der Waals surface area contributed by atoms with Gasteiger partial charge in [0.15, 0.2) is 5.82 Å². The predicted octanol–water partition coefficient (Wildman–Crippen LogP) is 3.00. The zero-order valence-electron chi connectivity index (χ0n) is 17.5. The van der Waals surface area contributed by atoms with Gasteiger partial charge in [0.25, 0.3) is 0 Å². The van der Waals surface area contributed by atoms with Crippen molar-refractivity contribution in [1.82, 2.24) is 19.9 Å². The molecule has 0 saturated carbocycles.